The van der Waals surface area contributed by atoms with Crippen LogP contribution in [0.4, 0.5) is 0 Å². The van der Waals surface area contributed by atoms with Gasteiger partial charge in [-0.05, 0) is 56.0 Å². The molecule has 0 saturated carbocycles. The van der Waals surface area contributed by atoms with Crippen LogP contribution in [-0.4, -0.2) is 48.1 Å². The average Bonchev–Trinajstić information content (AvgIpc) is 3.34. The zero-order valence-corrected chi connectivity index (χ0v) is 19.2. The van der Waals surface area contributed by atoms with Crippen LogP contribution in [-0.2, 0) is 22.4 Å². The summed E-state index contributed by atoms with van der Waals surface area (Å²) in [5.41, 5.74) is 1.78. The molecular weight excluding hydrogens is 434 g/mol. The van der Waals surface area contributed by atoms with E-state index in [0.29, 0.717) is 30.6 Å². The topological polar surface area (TPSA) is 82.4 Å². The third kappa shape index (κ3) is 4.63. The minimum Gasteiger partial charge on any atom is -0.494 e. The fourth-order valence-corrected chi connectivity index (χ4v) is 5.83. The molecule has 0 saturated heterocycles. The number of ether oxygens (including phenoxy) is 2. The number of hydrogen-bond acceptors (Lipinski definition) is 7. The number of carbonyl (C=O) groups excluding carboxylic acids is 1. The number of amides is 1. The van der Waals surface area contributed by atoms with Gasteiger partial charge in [-0.3, -0.25) is 14.2 Å². The summed E-state index contributed by atoms with van der Waals surface area (Å²) in [6.07, 6.45) is 3.00. The second-order valence-electron chi connectivity index (χ2n) is 7.13. The highest BCUT2D eigenvalue weighted by Gasteiger charge is 2.24. The lowest BCUT2D eigenvalue weighted by atomic mass is 10.2. The van der Waals surface area contributed by atoms with E-state index in [1.165, 1.54) is 16.6 Å². The highest BCUT2D eigenvalue weighted by Crippen LogP contribution is 2.36. The standard InChI is InChI=1S/C22H25N3O4S2/c1-3-29-15-9-7-14(8-10-15)25-21(27)19-16-5-4-6-17(16)31-20(19)24-22(25)30-13-18(26)23-11-12-28-2/h7-10H,3-6,11-13H2,1-2H3,(H,23,26). The van der Waals surface area contributed by atoms with Gasteiger partial charge < -0.3 is 14.8 Å². The van der Waals surface area contributed by atoms with Crippen molar-refractivity contribution >= 4 is 39.2 Å². The number of benzene rings is 1. The molecule has 0 radical (unpaired) electrons. The molecule has 0 unspecified atom stereocenters. The minimum atomic E-state index is -0.122. The quantitative estimate of drug-likeness (QED) is 0.301. The van der Waals surface area contributed by atoms with Crippen LogP contribution in [0.5, 0.6) is 5.75 Å². The van der Waals surface area contributed by atoms with Crippen molar-refractivity contribution in [2.24, 2.45) is 0 Å². The van der Waals surface area contributed by atoms with Gasteiger partial charge in [-0.2, -0.15) is 0 Å². The van der Waals surface area contributed by atoms with Crippen molar-refractivity contribution < 1.29 is 14.3 Å². The molecule has 2 heterocycles. The first-order valence-electron chi connectivity index (χ1n) is 10.3. The summed E-state index contributed by atoms with van der Waals surface area (Å²) in [5.74, 6) is 0.795. The number of hydrogen-bond donors (Lipinski definition) is 1. The highest BCUT2D eigenvalue weighted by molar-refractivity contribution is 7.99. The van der Waals surface area contributed by atoms with E-state index < -0.39 is 0 Å². The fourth-order valence-electron chi connectivity index (χ4n) is 3.68. The number of thioether (sulfide) groups is 1. The van der Waals surface area contributed by atoms with Gasteiger partial charge >= 0.3 is 0 Å². The summed E-state index contributed by atoms with van der Waals surface area (Å²) in [5, 5.41) is 4.04. The van der Waals surface area contributed by atoms with E-state index in [9.17, 15) is 9.59 Å². The number of aryl methyl sites for hydroxylation is 2. The lowest BCUT2D eigenvalue weighted by Gasteiger charge is -2.13. The van der Waals surface area contributed by atoms with Gasteiger partial charge in [0.2, 0.25) is 5.91 Å². The Hall–Kier alpha value is -2.36. The molecule has 1 aromatic carbocycles. The van der Waals surface area contributed by atoms with E-state index in [2.05, 4.69) is 5.32 Å². The lowest BCUT2D eigenvalue weighted by Crippen LogP contribution is -2.29. The second kappa shape index (κ2) is 9.84. The van der Waals surface area contributed by atoms with Gasteiger partial charge in [-0.25, -0.2) is 4.98 Å². The number of methoxy groups -OCH3 is 1. The SMILES string of the molecule is CCOc1ccc(-n2c(SCC(=O)NCCOC)nc3sc4c(c3c2=O)CCC4)cc1. The van der Waals surface area contributed by atoms with Gasteiger partial charge in [0, 0.05) is 18.5 Å². The molecular formula is C22H25N3O4S2. The van der Waals surface area contributed by atoms with Crippen LogP contribution in [0, 0.1) is 0 Å². The molecule has 0 bridgehead atoms. The number of nitrogens with one attached hydrogen (secondary N) is 1. The van der Waals surface area contributed by atoms with Crippen LogP contribution in [0.2, 0.25) is 0 Å². The molecule has 0 atom stereocenters. The van der Waals surface area contributed by atoms with Gasteiger partial charge in [0.25, 0.3) is 5.56 Å². The molecule has 0 aliphatic heterocycles. The highest BCUT2D eigenvalue weighted by atomic mass is 32.2. The Balaban J connectivity index is 1.72. The Morgan fingerprint density at radius 3 is 2.84 bits per heavy atom. The van der Waals surface area contributed by atoms with Crippen LogP contribution in [0.15, 0.2) is 34.2 Å². The molecule has 0 fully saturated rings. The van der Waals surface area contributed by atoms with Gasteiger partial charge in [0.1, 0.15) is 10.6 Å². The molecule has 4 rings (SSSR count). The van der Waals surface area contributed by atoms with Crippen molar-refractivity contribution in [1.82, 2.24) is 14.9 Å². The lowest BCUT2D eigenvalue weighted by molar-refractivity contribution is -0.118. The predicted molar refractivity (Wildman–Crippen MR) is 124 cm³/mol. The smallest absolute Gasteiger partial charge is 0.267 e. The van der Waals surface area contributed by atoms with Gasteiger partial charge in [0.15, 0.2) is 5.16 Å². The molecule has 1 N–H and O–H groups in total. The molecule has 2 aromatic heterocycles. The van der Waals surface area contributed by atoms with E-state index in [-0.39, 0.29) is 17.2 Å². The third-order valence-electron chi connectivity index (χ3n) is 5.07. The fraction of sp³-hybridized carbons (Fsp3) is 0.409. The van der Waals surface area contributed by atoms with Gasteiger partial charge in [-0.15, -0.1) is 11.3 Å². The molecule has 7 nitrogen and oxygen atoms in total. The first-order valence-corrected chi connectivity index (χ1v) is 12.1. The first kappa shape index (κ1) is 21.9. The number of carbonyl (C=O) groups is 1. The molecule has 0 spiro atoms. The molecule has 1 amide bonds. The zero-order chi connectivity index (χ0) is 21.8. The van der Waals surface area contributed by atoms with Gasteiger partial charge in [-0.1, -0.05) is 11.8 Å². The van der Waals surface area contributed by atoms with E-state index in [0.717, 1.165) is 40.8 Å². The Morgan fingerprint density at radius 1 is 1.29 bits per heavy atom. The summed E-state index contributed by atoms with van der Waals surface area (Å²) < 4.78 is 12.1. The molecule has 1 aliphatic rings. The molecule has 3 aromatic rings. The number of rotatable bonds is 9. The van der Waals surface area contributed by atoms with Crippen molar-refractivity contribution in [3.63, 3.8) is 0 Å². The molecule has 164 valence electrons. The van der Waals surface area contributed by atoms with Crippen LogP contribution in [0.25, 0.3) is 15.9 Å². The molecule has 31 heavy (non-hydrogen) atoms. The van der Waals surface area contributed by atoms with Crippen LogP contribution >= 0.6 is 23.1 Å². The Bertz CT molecular complexity index is 1140. The van der Waals surface area contributed by atoms with Crippen LogP contribution in [0.3, 0.4) is 0 Å². The molecule has 1 aliphatic carbocycles. The van der Waals surface area contributed by atoms with Crippen molar-refractivity contribution in [1.29, 1.82) is 0 Å². The maximum Gasteiger partial charge on any atom is 0.267 e. The maximum atomic E-state index is 13.6. The maximum absolute atomic E-state index is 13.6. The summed E-state index contributed by atoms with van der Waals surface area (Å²) in [7, 11) is 1.59. The van der Waals surface area contributed by atoms with E-state index in [1.54, 1.807) is 23.0 Å². The van der Waals surface area contributed by atoms with Crippen molar-refractivity contribution in [2.75, 3.05) is 32.6 Å². The summed E-state index contributed by atoms with van der Waals surface area (Å²) in [6, 6.07) is 7.41. The Kier molecular flexibility index (Phi) is 6.94. The van der Waals surface area contributed by atoms with Crippen molar-refractivity contribution in [3.8, 4) is 11.4 Å². The van der Waals surface area contributed by atoms with Gasteiger partial charge in [0.05, 0.1) is 30.0 Å². The Labute approximate surface area is 188 Å². The van der Waals surface area contributed by atoms with E-state index in [4.69, 9.17) is 14.5 Å². The normalized spacial score (nSPS) is 12.8. The molecule has 9 heteroatoms. The number of thiophene rings is 1. The Morgan fingerprint density at radius 2 is 2.10 bits per heavy atom. The minimum absolute atomic E-state index is 0.0733. The second-order valence-corrected chi connectivity index (χ2v) is 9.16. The predicted octanol–water partition coefficient (Wildman–Crippen LogP) is 3.19. The zero-order valence-electron chi connectivity index (χ0n) is 17.6. The summed E-state index contributed by atoms with van der Waals surface area (Å²) >= 11 is 2.87. The average molecular weight is 460 g/mol. The number of fused-ring (bicyclic) bond motifs is 3. The van der Waals surface area contributed by atoms with Crippen LogP contribution < -0.4 is 15.6 Å². The first-order chi connectivity index (χ1) is 15.1. The van der Waals surface area contributed by atoms with Crippen molar-refractivity contribution in [3.05, 3.63) is 45.1 Å². The van der Waals surface area contributed by atoms with Crippen LogP contribution in [0.1, 0.15) is 23.8 Å². The third-order valence-corrected chi connectivity index (χ3v) is 7.20. The van der Waals surface area contributed by atoms with E-state index >= 15 is 0 Å². The monoisotopic (exact) mass is 459 g/mol. The summed E-state index contributed by atoms with van der Waals surface area (Å²) in [6.45, 7) is 3.41. The number of aromatic nitrogens is 2. The largest absolute Gasteiger partial charge is 0.494 e. The summed E-state index contributed by atoms with van der Waals surface area (Å²) in [4.78, 5) is 32.6. The van der Waals surface area contributed by atoms with E-state index in [1.807, 2.05) is 31.2 Å². The van der Waals surface area contributed by atoms with Crippen molar-refractivity contribution in [2.45, 2.75) is 31.3 Å². The number of nitrogens with zero attached hydrogens (tertiary/aromatic N) is 2.